The Bertz CT molecular complexity index is 1160. The van der Waals surface area contributed by atoms with E-state index in [1.54, 1.807) is 30.3 Å². The first kappa shape index (κ1) is 23.5. The molecular formula is C20H14ClF3N4O3S. The third-order valence-corrected chi connectivity index (χ3v) is 5.41. The Hall–Kier alpha value is -3.18. The average molecular weight is 483 g/mol. The number of aromatic nitrogens is 2. The van der Waals surface area contributed by atoms with Gasteiger partial charge in [-0.1, -0.05) is 53.7 Å². The summed E-state index contributed by atoms with van der Waals surface area (Å²) < 4.78 is 40.0. The summed E-state index contributed by atoms with van der Waals surface area (Å²) in [5.41, 5.74) is -0.704. The highest BCUT2D eigenvalue weighted by atomic mass is 35.5. The van der Waals surface area contributed by atoms with Gasteiger partial charge in [0.1, 0.15) is 5.69 Å². The van der Waals surface area contributed by atoms with Crippen LogP contribution in [0, 0.1) is 10.1 Å². The van der Waals surface area contributed by atoms with E-state index in [-0.39, 0.29) is 27.2 Å². The maximum Gasteiger partial charge on any atom is 0.433 e. The van der Waals surface area contributed by atoms with Gasteiger partial charge in [-0.3, -0.25) is 14.9 Å². The lowest BCUT2D eigenvalue weighted by atomic mass is 10.1. The molecule has 1 atom stereocenters. The number of nitro benzene ring substituents is 1. The predicted molar refractivity (Wildman–Crippen MR) is 115 cm³/mol. The van der Waals surface area contributed by atoms with Crippen molar-refractivity contribution in [1.29, 1.82) is 0 Å². The lowest BCUT2D eigenvalue weighted by Crippen LogP contribution is -2.23. The number of carbonyl (C=O) groups is 1. The fourth-order valence-corrected chi connectivity index (χ4v) is 3.55. The Morgan fingerprint density at radius 1 is 1.16 bits per heavy atom. The SMILES string of the molecule is CC(Sc1nc(-c2ccccc2)cc(C(F)(F)F)n1)C(=O)Nc1ccc([N+](=O)[O-])cc1Cl. The molecule has 1 aromatic heterocycles. The Balaban J connectivity index is 1.82. The van der Waals surface area contributed by atoms with Crippen LogP contribution in [0.4, 0.5) is 24.5 Å². The lowest BCUT2D eigenvalue weighted by molar-refractivity contribution is -0.384. The molecule has 0 spiro atoms. The Labute approximate surface area is 189 Å². The second-order valence-corrected chi connectivity index (χ2v) is 8.17. The van der Waals surface area contributed by atoms with E-state index in [1.165, 1.54) is 19.1 Å². The van der Waals surface area contributed by atoms with Gasteiger partial charge in [-0.05, 0) is 19.1 Å². The van der Waals surface area contributed by atoms with Crippen molar-refractivity contribution in [3.05, 3.63) is 75.4 Å². The van der Waals surface area contributed by atoms with Crippen molar-refractivity contribution in [2.75, 3.05) is 5.32 Å². The van der Waals surface area contributed by atoms with Crippen molar-refractivity contribution < 1.29 is 22.9 Å². The molecule has 2 aromatic carbocycles. The number of benzene rings is 2. The first-order valence-corrected chi connectivity index (χ1v) is 10.2. The number of nitrogens with zero attached hydrogens (tertiary/aromatic N) is 3. The van der Waals surface area contributed by atoms with Gasteiger partial charge in [0.25, 0.3) is 5.69 Å². The van der Waals surface area contributed by atoms with Crippen molar-refractivity contribution in [3.63, 3.8) is 0 Å². The smallest absolute Gasteiger partial charge is 0.324 e. The third kappa shape index (κ3) is 5.74. The molecule has 0 saturated carbocycles. The molecule has 3 rings (SSSR count). The van der Waals surface area contributed by atoms with E-state index >= 15 is 0 Å². The molecule has 7 nitrogen and oxygen atoms in total. The summed E-state index contributed by atoms with van der Waals surface area (Å²) in [6, 6.07) is 12.7. The van der Waals surface area contributed by atoms with Gasteiger partial charge >= 0.3 is 6.18 Å². The van der Waals surface area contributed by atoms with Crippen LogP contribution >= 0.6 is 23.4 Å². The summed E-state index contributed by atoms with van der Waals surface area (Å²) in [5.74, 6) is -0.590. The van der Waals surface area contributed by atoms with Gasteiger partial charge in [0.05, 0.1) is 26.6 Å². The van der Waals surface area contributed by atoms with Gasteiger partial charge < -0.3 is 5.32 Å². The van der Waals surface area contributed by atoms with Crippen molar-refractivity contribution in [1.82, 2.24) is 9.97 Å². The van der Waals surface area contributed by atoms with Crippen LogP contribution in [0.15, 0.2) is 59.8 Å². The summed E-state index contributed by atoms with van der Waals surface area (Å²) in [4.78, 5) is 30.4. The second-order valence-electron chi connectivity index (χ2n) is 6.46. The zero-order valence-corrected chi connectivity index (χ0v) is 17.8. The van der Waals surface area contributed by atoms with Crippen LogP contribution in [0.2, 0.25) is 5.02 Å². The first-order chi connectivity index (χ1) is 15.0. The van der Waals surface area contributed by atoms with Gasteiger partial charge in [-0.2, -0.15) is 13.2 Å². The zero-order chi connectivity index (χ0) is 23.5. The number of anilines is 1. The first-order valence-electron chi connectivity index (χ1n) is 8.98. The number of nitrogens with one attached hydrogen (secondary N) is 1. The van der Waals surface area contributed by atoms with Crippen molar-refractivity contribution >= 4 is 40.6 Å². The fourth-order valence-electron chi connectivity index (χ4n) is 2.54. The van der Waals surface area contributed by atoms with E-state index in [4.69, 9.17) is 11.6 Å². The van der Waals surface area contributed by atoms with Gasteiger partial charge in [-0.25, -0.2) is 9.97 Å². The quantitative estimate of drug-likeness (QED) is 0.205. The van der Waals surface area contributed by atoms with Crippen molar-refractivity contribution in [2.24, 2.45) is 0 Å². The molecular weight excluding hydrogens is 469 g/mol. The summed E-state index contributed by atoms with van der Waals surface area (Å²) in [7, 11) is 0. The molecule has 0 bridgehead atoms. The summed E-state index contributed by atoms with van der Waals surface area (Å²) >= 11 is 6.70. The highest BCUT2D eigenvalue weighted by Crippen LogP contribution is 2.33. The molecule has 3 aromatic rings. The number of rotatable bonds is 6. The van der Waals surface area contributed by atoms with E-state index in [0.29, 0.717) is 5.56 Å². The van der Waals surface area contributed by atoms with Gasteiger partial charge in [0.2, 0.25) is 5.91 Å². The zero-order valence-electron chi connectivity index (χ0n) is 16.3. The Kier molecular flexibility index (Phi) is 6.99. The molecule has 1 unspecified atom stereocenters. The molecule has 0 fully saturated rings. The predicted octanol–water partition coefficient (Wildman–Crippen LogP) is 5.84. The number of thioether (sulfide) groups is 1. The number of carbonyl (C=O) groups excluding carboxylic acids is 1. The molecule has 0 saturated heterocycles. The molecule has 12 heteroatoms. The molecule has 1 heterocycles. The maximum atomic E-state index is 13.3. The van der Waals surface area contributed by atoms with E-state index in [2.05, 4.69) is 15.3 Å². The number of non-ortho nitro benzene ring substituents is 1. The minimum Gasteiger partial charge on any atom is -0.324 e. The van der Waals surface area contributed by atoms with Gasteiger partial charge in [0.15, 0.2) is 5.16 Å². The molecule has 32 heavy (non-hydrogen) atoms. The van der Waals surface area contributed by atoms with Crippen LogP contribution < -0.4 is 5.32 Å². The number of halogens is 4. The van der Waals surface area contributed by atoms with Gasteiger partial charge in [0, 0.05) is 17.7 Å². The van der Waals surface area contributed by atoms with Gasteiger partial charge in [-0.15, -0.1) is 0 Å². The number of nitro groups is 1. The summed E-state index contributed by atoms with van der Waals surface area (Å²) in [5, 5.41) is 12.1. The van der Waals surface area contributed by atoms with Crippen molar-refractivity contribution in [3.8, 4) is 11.3 Å². The average Bonchev–Trinajstić information content (AvgIpc) is 2.74. The molecule has 0 aliphatic rings. The fraction of sp³-hybridized carbons (Fsp3) is 0.150. The molecule has 166 valence electrons. The minimum atomic E-state index is -4.69. The van der Waals surface area contributed by atoms with Crippen LogP contribution in [-0.4, -0.2) is 26.0 Å². The number of hydrogen-bond acceptors (Lipinski definition) is 6. The van der Waals surface area contributed by atoms with Crippen LogP contribution in [0.5, 0.6) is 0 Å². The summed E-state index contributed by atoms with van der Waals surface area (Å²) in [6.45, 7) is 1.46. The number of hydrogen-bond donors (Lipinski definition) is 1. The molecule has 0 aliphatic heterocycles. The van der Waals surface area contributed by atoms with E-state index in [9.17, 15) is 28.1 Å². The minimum absolute atomic E-state index is 0.0496. The van der Waals surface area contributed by atoms with E-state index < -0.39 is 28.0 Å². The standard InChI is InChI=1S/C20H14ClF3N4O3S/c1-11(18(29)25-15-8-7-13(28(30)31)9-14(15)21)32-19-26-16(12-5-3-2-4-6-12)10-17(27-19)20(22,23)24/h2-11H,1H3,(H,25,29). The largest absolute Gasteiger partial charge is 0.433 e. The third-order valence-electron chi connectivity index (χ3n) is 4.14. The number of alkyl halides is 3. The molecule has 0 aliphatic carbocycles. The highest BCUT2D eigenvalue weighted by Gasteiger charge is 2.34. The monoisotopic (exact) mass is 482 g/mol. The molecule has 1 amide bonds. The Morgan fingerprint density at radius 3 is 2.44 bits per heavy atom. The second kappa shape index (κ2) is 9.53. The maximum absolute atomic E-state index is 13.3. The van der Waals surface area contributed by atoms with Crippen LogP contribution in [0.1, 0.15) is 12.6 Å². The van der Waals surface area contributed by atoms with Crippen LogP contribution in [-0.2, 0) is 11.0 Å². The highest BCUT2D eigenvalue weighted by molar-refractivity contribution is 8.00. The van der Waals surface area contributed by atoms with Crippen molar-refractivity contribution in [2.45, 2.75) is 23.5 Å². The normalized spacial score (nSPS) is 12.3. The van der Waals surface area contributed by atoms with E-state index in [0.717, 1.165) is 23.9 Å². The van der Waals surface area contributed by atoms with Crippen LogP contribution in [0.3, 0.4) is 0 Å². The topological polar surface area (TPSA) is 98.0 Å². The molecule has 1 N–H and O–H groups in total. The molecule has 0 radical (unpaired) electrons. The number of amides is 1. The Morgan fingerprint density at radius 2 is 1.84 bits per heavy atom. The summed E-state index contributed by atoms with van der Waals surface area (Å²) in [6.07, 6.45) is -4.69. The van der Waals surface area contributed by atoms with Crippen LogP contribution in [0.25, 0.3) is 11.3 Å². The lowest BCUT2D eigenvalue weighted by Gasteiger charge is -2.14. The van der Waals surface area contributed by atoms with E-state index in [1.807, 2.05) is 0 Å².